The van der Waals surface area contributed by atoms with Gasteiger partial charge in [-0.2, -0.15) is 0 Å². The maximum Gasteiger partial charge on any atom is 0.118 e. The lowest BCUT2D eigenvalue weighted by Crippen LogP contribution is -1.94. The number of rotatable bonds is 11. The molecule has 0 heterocycles. The molecule has 5 nitrogen and oxygen atoms in total. The Hall–Kier alpha value is -1.38. The first kappa shape index (κ1) is 28.6. The molecule has 2 aromatic carbocycles. The van der Waals surface area contributed by atoms with E-state index in [9.17, 15) is 0 Å². The van der Waals surface area contributed by atoms with Gasteiger partial charge in [0.05, 0.1) is 37.4 Å². The lowest BCUT2D eigenvalue weighted by Gasteiger charge is -2.04. The van der Waals surface area contributed by atoms with Crippen LogP contribution in [0.1, 0.15) is 30.9 Å². The summed E-state index contributed by atoms with van der Waals surface area (Å²) in [6.45, 7) is 4.97. The first-order chi connectivity index (χ1) is 14.1. The van der Waals surface area contributed by atoms with Crippen LogP contribution in [-0.2, 0) is 22.7 Å². The van der Waals surface area contributed by atoms with E-state index in [0.29, 0.717) is 19.8 Å². The summed E-state index contributed by atoms with van der Waals surface area (Å²) in [6, 6.07) is 15.8. The Morgan fingerprint density at radius 3 is 1.57 bits per heavy atom. The summed E-state index contributed by atoms with van der Waals surface area (Å²) in [6.07, 6.45) is 3.98. The van der Waals surface area contributed by atoms with E-state index in [0.717, 1.165) is 39.9 Å². The van der Waals surface area contributed by atoms with Gasteiger partial charge in [-0.3, -0.25) is 0 Å². The highest BCUT2D eigenvalue weighted by molar-refractivity contribution is 9.28. The predicted octanol–water partition coefficient (Wildman–Crippen LogP) is 6.03. The lowest BCUT2D eigenvalue weighted by molar-refractivity contribution is 0.121. The van der Waals surface area contributed by atoms with Crippen LogP contribution in [0.25, 0.3) is 0 Å². The van der Waals surface area contributed by atoms with E-state index in [-0.39, 0.29) is 5.48 Å². The van der Waals surface area contributed by atoms with Crippen LogP contribution in [0.15, 0.2) is 58.0 Å². The summed E-state index contributed by atoms with van der Waals surface area (Å²) >= 11 is 6.59. The molecule has 0 aromatic heterocycles. The number of hydrogen-bond donors (Lipinski definition) is 0. The molecule has 0 aliphatic heterocycles. The van der Waals surface area contributed by atoms with Crippen molar-refractivity contribution in [3.8, 4) is 11.5 Å². The van der Waals surface area contributed by atoms with E-state index < -0.39 is 0 Å². The third kappa shape index (κ3) is 13.8. The summed E-state index contributed by atoms with van der Waals surface area (Å²) in [4.78, 5) is 0. The molecule has 0 bridgehead atoms. The highest BCUT2D eigenvalue weighted by Gasteiger charge is 1.95. The van der Waals surface area contributed by atoms with Gasteiger partial charge in [-0.05, 0) is 80.1 Å². The monoisotopic (exact) mass is 546 g/mol. The van der Waals surface area contributed by atoms with E-state index in [1.807, 2.05) is 54.6 Å². The molecule has 0 aliphatic carbocycles. The zero-order valence-electron chi connectivity index (χ0n) is 17.8. The molecular weight excluding hydrogens is 516 g/mol. The second-order valence-corrected chi connectivity index (χ2v) is 8.86. The van der Waals surface area contributed by atoms with Crippen LogP contribution in [0.4, 0.5) is 0 Å². The fourth-order valence-electron chi connectivity index (χ4n) is 2.22. The van der Waals surface area contributed by atoms with E-state index in [2.05, 4.69) is 38.8 Å². The maximum absolute atomic E-state index is 5.52. The molecule has 0 saturated carbocycles. The minimum atomic E-state index is 0. The molecule has 0 fully saturated rings. The molecule has 30 heavy (non-hydrogen) atoms. The molecule has 2 N–H and O–H groups in total. The van der Waals surface area contributed by atoms with Crippen molar-refractivity contribution in [1.82, 2.24) is 0 Å². The number of hydrogen-bond acceptors (Lipinski definition) is 4. The number of methoxy groups -OCH3 is 2. The fourth-order valence-corrected chi connectivity index (χ4v) is 2.68. The third-order valence-electron chi connectivity index (χ3n) is 3.76. The quantitative estimate of drug-likeness (QED) is 0.322. The Morgan fingerprint density at radius 2 is 1.20 bits per heavy atom. The minimum Gasteiger partial charge on any atom is -0.497 e. The number of ether oxygens (including phenoxy) is 4. The first-order valence-electron chi connectivity index (χ1n) is 9.51. The molecular formula is C23H32Br2O5. The van der Waals surface area contributed by atoms with Gasteiger partial charge in [0.25, 0.3) is 0 Å². The second-order valence-electron chi connectivity index (χ2n) is 6.08. The standard InChI is InChI=1S/C12H14Br2O2.C11H16O2.H2O/c1-15-11-6-4-10(5-7-11)9-16-8-2-3-12(13)14;1-3-8-13-9-10-4-6-11(12-2)7-5-10;/h3-7H,2,8-9H2,1H3;4-7H,3,8-9H2,1-2H3;1H2. The van der Waals surface area contributed by atoms with Gasteiger partial charge in [0.15, 0.2) is 0 Å². The Morgan fingerprint density at radius 1 is 0.767 bits per heavy atom. The smallest absolute Gasteiger partial charge is 0.118 e. The van der Waals surface area contributed by atoms with Crippen molar-refractivity contribution < 1.29 is 24.4 Å². The summed E-state index contributed by atoms with van der Waals surface area (Å²) in [5, 5.41) is 0. The lowest BCUT2D eigenvalue weighted by atomic mass is 10.2. The van der Waals surface area contributed by atoms with Gasteiger partial charge < -0.3 is 24.4 Å². The predicted molar refractivity (Wildman–Crippen MR) is 130 cm³/mol. The first-order valence-corrected chi connectivity index (χ1v) is 11.1. The zero-order chi connectivity index (χ0) is 21.3. The molecule has 2 aromatic rings. The van der Waals surface area contributed by atoms with Crippen LogP contribution in [0, 0.1) is 0 Å². The maximum atomic E-state index is 5.52. The van der Waals surface area contributed by atoms with Gasteiger partial charge in [0.2, 0.25) is 0 Å². The van der Waals surface area contributed by atoms with Gasteiger partial charge in [0.1, 0.15) is 11.5 Å². The molecule has 0 atom stereocenters. The highest BCUT2D eigenvalue weighted by Crippen LogP contribution is 2.14. The van der Waals surface area contributed by atoms with E-state index in [1.54, 1.807) is 14.2 Å². The topological polar surface area (TPSA) is 68.4 Å². The van der Waals surface area contributed by atoms with Crippen molar-refractivity contribution in [2.24, 2.45) is 0 Å². The minimum absolute atomic E-state index is 0. The second kappa shape index (κ2) is 18.4. The Bertz CT molecular complexity index is 684. The summed E-state index contributed by atoms with van der Waals surface area (Å²) < 4.78 is 22.0. The average molecular weight is 548 g/mol. The molecule has 7 heteroatoms. The van der Waals surface area contributed by atoms with E-state index in [1.165, 1.54) is 5.56 Å². The van der Waals surface area contributed by atoms with Gasteiger partial charge in [-0.1, -0.05) is 37.3 Å². The molecule has 0 unspecified atom stereocenters. The molecule has 168 valence electrons. The Labute approximate surface area is 196 Å². The summed E-state index contributed by atoms with van der Waals surface area (Å²) in [5.41, 5.74) is 2.34. The van der Waals surface area contributed by atoms with Gasteiger partial charge in [-0.25, -0.2) is 0 Å². The molecule has 2 rings (SSSR count). The van der Waals surface area contributed by atoms with Crippen molar-refractivity contribution in [1.29, 1.82) is 0 Å². The summed E-state index contributed by atoms with van der Waals surface area (Å²) in [5.74, 6) is 1.76. The van der Waals surface area contributed by atoms with Crippen molar-refractivity contribution in [2.75, 3.05) is 27.4 Å². The van der Waals surface area contributed by atoms with Crippen molar-refractivity contribution in [3.05, 3.63) is 69.1 Å². The van der Waals surface area contributed by atoms with Crippen LogP contribution in [-0.4, -0.2) is 32.9 Å². The van der Waals surface area contributed by atoms with Crippen LogP contribution < -0.4 is 9.47 Å². The van der Waals surface area contributed by atoms with Crippen LogP contribution >= 0.6 is 31.9 Å². The van der Waals surface area contributed by atoms with E-state index >= 15 is 0 Å². The fraction of sp³-hybridized carbons (Fsp3) is 0.391. The largest absolute Gasteiger partial charge is 0.497 e. The van der Waals surface area contributed by atoms with Crippen LogP contribution in [0.3, 0.4) is 0 Å². The van der Waals surface area contributed by atoms with Gasteiger partial charge in [-0.15, -0.1) is 0 Å². The molecule has 0 aliphatic rings. The number of halogens is 2. The van der Waals surface area contributed by atoms with Crippen molar-refractivity contribution in [3.63, 3.8) is 0 Å². The summed E-state index contributed by atoms with van der Waals surface area (Å²) in [7, 11) is 3.33. The molecule has 0 saturated heterocycles. The normalized spacial score (nSPS) is 9.63. The SMILES string of the molecule is CCCOCc1ccc(OC)cc1.COc1ccc(COCCC=C(Br)Br)cc1.O. The van der Waals surface area contributed by atoms with Gasteiger partial charge >= 0.3 is 0 Å². The average Bonchev–Trinajstić information content (AvgIpc) is 2.75. The van der Waals surface area contributed by atoms with Crippen molar-refractivity contribution >= 4 is 31.9 Å². The van der Waals surface area contributed by atoms with Crippen molar-refractivity contribution in [2.45, 2.75) is 33.0 Å². The molecule has 0 spiro atoms. The highest BCUT2D eigenvalue weighted by atomic mass is 79.9. The zero-order valence-corrected chi connectivity index (χ0v) is 21.0. The Balaban J connectivity index is 0.000000553. The van der Waals surface area contributed by atoms with E-state index in [4.69, 9.17) is 18.9 Å². The van der Waals surface area contributed by atoms with Crippen LogP contribution in [0.2, 0.25) is 0 Å². The van der Waals surface area contributed by atoms with Gasteiger partial charge in [0, 0.05) is 6.61 Å². The third-order valence-corrected chi connectivity index (χ3v) is 4.41. The Kier molecular flexibility index (Phi) is 17.5. The number of benzene rings is 2. The molecule has 0 radical (unpaired) electrons. The van der Waals surface area contributed by atoms with Crippen LogP contribution in [0.5, 0.6) is 11.5 Å². The molecule has 0 amide bonds.